The number of rotatable bonds is 8. The van der Waals surface area contributed by atoms with Crippen molar-refractivity contribution in [3.8, 4) is 11.5 Å². The lowest BCUT2D eigenvalue weighted by molar-refractivity contribution is -0.139. The van der Waals surface area contributed by atoms with Crippen molar-refractivity contribution >= 4 is 35.0 Å². The number of halogens is 1. The minimum atomic E-state index is -0.696. The van der Waals surface area contributed by atoms with Crippen molar-refractivity contribution in [3.63, 3.8) is 0 Å². The number of hydrogen-bond donors (Lipinski definition) is 0. The molecule has 210 valence electrons. The molecule has 7 nitrogen and oxygen atoms in total. The monoisotopic (exact) mass is 588 g/mol. The highest BCUT2D eigenvalue weighted by Gasteiger charge is 2.33. The third-order valence-electron chi connectivity index (χ3n) is 6.78. The van der Waals surface area contributed by atoms with Gasteiger partial charge in [0.25, 0.3) is 5.56 Å². The van der Waals surface area contributed by atoms with Gasteiger partial charge in [0.15, 0.2) is 4.80 Å². The predicted octanol–water partition coefficient (Wildman–Crippen LogP) is 5.35. The fraction of sp³-hybridized carbons (Fsp3) is 0.219. The summed E-state index contributed by atoms with van der Waals surface area (Å²) >= 11 is 7.41. The zero-order valence-corrected chi connectivity index (χ0v) is 24.7. The topological polar surface area (TPSA) is 79.1 Å². The number of methoxy groups -OCH3 is 1. The largest absolute Gasteiger partial charge is 0.496 e. The van der Waals surface area contributed by atoms with Crippen molar-refractivity contribution < 1.29 is 19.0 Å². The Hall–Kier alpha value is -4.14. The molecule has 5 rings (SSSR count). The number of nitrogens with zero attached hydrogens (tertiary/aromatic N) is 2. The average molecular weight is 589 g/mol. The highest BCUT2D eigenvalue weighted by atomic mass is 35.5. The summed E-state index contributed by atoms with van der Waals surface area (Å²) in [5.41, 5.74) is 4.01. The molecule has 9 heteroatoms. The maximum Gasteiger partial charge on any atom is 0.338 e. The van der Waals surface area contributed by atoms with E-state index in [1.165, 1.54) is 11.3 Å². The molecule has 0 saturated heterocycles. The maximum absolute atomic E-state index is 13.9. The molecule has 0 fully saturated rings. The van der Waals surface area contributed by atoms with E-state index in [0.717, 1.165) is 28.0 Å². The number of carbonyl (C=O) groups excluding carboxylic acids is 1. The minimum Gasteiger partial charge on any atom is -0.496 e. The second-order valence-electron chi connectivity index (χ2n) is 9.48. The van der Waals surface area contributed by atoms with Gasteiger partial charge in [-0.05, 0) is 73.9 Å². The van der Waals surface area contributed by atoms with Gasteiger partial charge >= 0.3 is 5.97 Å². The first kappa shape index (κ1) is 28.4. The van der Waals surface area contributed by atoms with Gasteiger partial charge in [0.05, 0.1) is 35.6 Å². The highest BCUT2D eigenvalue weighted by Crippen LogP contribution is 2.31. The Kier molecular flexibility index (Phi) is 8.42. The molecular weight excluding hydrogens is 560 g/mol. The molecule has 1 aliphatic rings. The van der Waals surface area contributed by atoms with Crippen LogP contribution in [0.1, 0.15) is 42.1 Å². The number of carbonyl (C=O) groups is 1. The molecule has 3 aromatic carbocycles. The van der Waals surface area contributed by atoms with E-state index in [4.69, 9.17) is 25.8 Å². The molecular formula is C32H29ClN2O5S. The number of para-hydroxylation sites is 1. The normalized spacial score (nSPS) is 14.9. The van der Waals surface area contributed by atoms with Crippen LogP contribution in [-0.2, 0) is 16.1 Å². The summed E-state index contributed by atoms with van der Waals surface area (Å²) in [7, 11) is 1.62. The molecule has 0 saturated carbocycles. The average Bonchev–Trinajstić information content (AvgIpc) is 3.26. The standard InChI is InChI=1S/C32H29ClN2O5S/c1-5-39-31(37)28-20(3)34-32-35(29(28)22-11-13-24(33)14-12-22)30(36)27(41-32)17-21-10-15-26(38-4)23(16-21)18-40-25-9-7-6-8-19(25)2/h6-17,29H,5,18H2,1-4H3/t29-/m0/s1. The van der Waals surface area contributed by atoms with E-state index in [-0.39, 0.29) is 12.2 Å². The lowest BCUT2D eigenvalue weighted by Crippen LogP contribution is -2.39. The molecule has 0 spiro atoms. The van der Waals surface area contributed by atoms with Gasteiger partial charge in [-0.25, -0.2) is 9.79 Å². The van der Waals surface area contributed by atoms with Crippen molar-refractivity contribution in [2.24, 2.45) is 4.99 Å². The third kappa shape index (κ3) is 5.85. The highest BCUT2D eigenvalue weighted by molar-refractivity contribution is 7.07. The van der Waals surface area contributed by atoms with E-state index in [1.54, 1.807) is 37.7 Å². The van der Waals surface area contributed by atoms with E-state index in [9.17, 15) is 9.59 Å². The van der Waals surface area contributed by atoms with E-state index in [0.29, 0.717) is 38.0 Å². The zero-order chi connectivity index (χ0) is 29.1. The number of benzene rings is 3. The van der Waals surface area contributed by atoms with E-state index >= 15 is 0 Å². The number of aryl methyl sites for hydroxylation is 1. The molecule has 2 heterocycles. The molecule has 1 aliphatic heterocycles. The first-order valence-corrected chi connectivity index (χ1v) is 14.3. The number of ether oxygens (including phenoxy) is 3. The van der Waals surface area contributed by atoms with Crippen LogP contribution in [0, 0.1) is 6.92 Å². The fourth-order valence-electron chi connectivity index (χ4n) is 4.78. The van der Waals surface area contributed by atoms with Crippen LogP contribution >= 0.6 is 22.9 Å². The first-order chi connectivity index (χ1) is 19.8. The van der Waals surface area contributed by atoms with Crippen LogP contribution in [0.3, 0.4) is 0 Å². The molecule has 0 N–H and O–H groups in total. The van der Waals surface area contributed by atoms with Crippen LogP contribution in [0.4, 0.5) is 0 Å². The summed E-state index contributed by atoms with van der Waals surface area (Å²) in [5, 5.41) is 0.557. The Morgan fingerprint density at radius 3 is 2.54 bits per heavy atom. The quantitative estimate of drug-likeness (QED) is 0.259. The maximum atomic E-state index is 13.9. The molecule has 0 unspecified atom stereocenters. The summed E-state index contributed by atoms with van der Waals surface area (Å²) in [6, 6.07) is 19.9. The molecule has 0 aliphatic carbocycles. The molecule has 41 heavy (non-hydrogen) atoms. The van der Waals surface area contributed by atoms with Gasteiger partial charge in [-0.3, -0.25) is 9.36 Å². The van der Waals surface area contributed by atoms with E-state index in [1.807, 2.05) is 67.6 Å². The second kappa shape index (κ2) is 12.2. The lowest BCUT2D eigenvalue weighted by Gasteiger charge is -2.24. The molecule has 0 bridgehead atoms. The van der Waals surface area contributed by atoms with Gasteiger partial charge in [-0.2, -0.15) is 0 Å². The van der Waals surface area contributed by atoms with Crippen molar-refractivity contribution in [1.82, 2.24) is 4.57 Å². The first-order valence-electron chi connectivity index (χ1n) is 13.1. The summed E-state index contributed by atoms with van der Waals surface area (Å²) in [4.78, 5) is 32.1. The van der Waals surface area contributed by atoms with Gasteiger partial charge < -0.3 is 14.2 Å². The summed E-state index contributed by atoms with van der Waals surface area (Å²) in [5.74, 6) is 0.981. The molecule has 0 amide bonds. The molecule has 1 aromatic heterocycles. The predicted molar refractivity (Wildman–Crippen MR) is 160 cm³/mol. The molecule has 0 radical (unpaired) electrons. The van der Waals surface area contributed by atoms with Crippen molar-refractivity contribution in [2.45, 2.75) is 33.4 Å². The van der Waals surface area contributed by atoms with E-state index < -0.39 is 12.0 Å². The van der Waals surface area contributed by atoms with Crippen molar-refractivity contribution in [3.05, 3.63) is 125 Å². The number of aromatic nitrogens is 1. The van der Waals surface area contributed by atoms with Gasteiger partial charge in [0.1, 0.15) is 18.1 Å². The van der Waals surface area contributed by atoms with Gasteiger partial charge in [0, 0.05) is 10.6 Å². The molecule has 1 atom stereocenters. The Bertz CT molecular complexity index is 1820. The van der Waals surface area contributed by atoms with Crippen LogP contribution in [-0.4, -0.2) is 24.3 Å². The number of hydrogen-bond acceptors (Lipinski definition) is 7. The number of esters is 1. The Balaban J connectivity index is 1.58. The Morgan fingerprint density at radius 2 is 1.83 bits per heavy atom. The fourth-order valence-corrected chi connectivity index (χ4v) is 5.95. The number of thiazole rings is 1. The van der Waals surface area contributed by atoms with Gasteiger partial charge in [-0.1, -0.05) is 59.3 Å². The third-order valence-corrected chi connectivity index (χ3v) is 8.02. The summed E-state index contributed by atoms with van der Waals surface area (Å²) in [6.07, 6.45) is 1.82. The van der Waals surface area contributed by atoms with Crippen LogP contribution in [0.25, 0.3) is 6.08 Å². The van der Waals surface area contributed by atoms with Crippen LogP contribution in [0.5, 0.6) is 11.5 Å². The zero-order valence-electron chi connectivity index (χ0n) is 23.1. The van der Waals surface area contributed by atoms with Crippen LogP contribution in [0.2, 0.25) is 5.02 Å². The van der Waals surface area contributed by atoms with Crippen molar-refractivity contribution in [2.75, 3.05) is 13.7 Å². The van der Waals surface area contributed by atoms with Crippen LogP contribution < -0.4 is 24.4 Å². The SMILES string of the molecule is CCOC(=O)C1=C(C)N=c2sc(=Cc3ccc(OC)c(COc4ccccc4C)c3)c(=O)n2[C@H]1c1ccc(Cl)cc1. The lowest BCUT2D eigenvalue weighted by atomic mass is 9.96. The van der Waals surface area contributed by atoms with Crippen molar-refractivity contribution in [1.29, 1.82) is 0 Å². The Morgan fingerprint density at radius 1 is 1.07 bits per heavy atom. The van der Waals surface area contributed by atoms with Gasteiger partial charge in [-0.15, -0.1) is 0 Å². The molecule has 4 aromatic rings. The summed E-state index contributed by atoms with van der Waals surface area (Å²) < 4.78 is 19.0. The smallest absolute Gasteiger partial charge is 0.338 e. The minimum absolute atomic E-state index is 0.209. The number of fused-ring (bicyclic) bond motifs is 1. The van der Waals surface area contributed by atoms with Crippen LogP contribution in [0.15, 0.2) is 87.8 Å². The Labute approximate surface area is 246 Å². The van der Waals surface area contributed by atoms with E-state index in [2.05, 4.69) is 4.99 Å². The van der Waals surface area contributed by atoms with Gasteiger partial charge in [0.2, 0.25) is 0 Å². The number of allylic oxidation sites excluding steroid dienone is 1. The summed E-state index contributed by atoms with van der Waals surface area (Å²) in [6.45, 7) is 6.01. The second-order valence-corrected chi connectivity index (χ2v) is 10.9.